The molecule has 180 valence electrons. The number of aromatic nitrogens is 2. The first-order chi connectivity index (χ1) is 16.3. The lowest BCUT2D eigenvalue weighted by Crippen LogP contribution is -2.47. The number of carbonyl (C=O) groups is 1. The van der Waals surface area contributed by atoms with Crippen molar-refractivity contribution in [1.29, 1.82) is 0 Å². The highest BCUT2D eigenvalue weighted by atomic mass is 16.5. The molecule has 0 amide bonds. The van der Waals surface area contributed by atoms with Gasteiger partial charge in [0.15, 0.2) is 0 Å². The van der Waals surface area contributed by atoms with E-state index >= 15 is 0 Å². The minimum absolute atomic E-state index is 0.254. The van der Waals surface area contributed by atoms with E-state index in [1.165, 1.54) is 22.3 Å². The second-order valence-corrected chi connectivity index (χ2v) is 9.59. The maximum absolute atomic E-state index is 11.6. The summed E-state index contributed by atoms with van der Waals surface area (Å²) in [6, 6.07) is 0. The van der Waals surface area contributed by atoms with Crippen LogP contribution in [0.15, 0.2) is 65.6 Å². The summed E-state index contributed by atoms with van der Waals surface area (Å²) in [5.41, 5.74) is 7.64. The monoisotopic (exact) mass is 460 g/mol. The molecule has 1 aromatic rings. The number of nitrogens with zero attached hydrogens (tertiary/aromatic N) is 4. The molecule has 0 N–H and O–H groups in total. The molecule has 1 atom stereocenters. The summed E-state index contributed by atoms with van der Waals surface area (Å²) in [6.07, 6.45) is 11.2. The number of esters is 1. The molecular weight excluding hydrogens is 424 g/mol. The third kappa shape index (κ3) is 5.39. The van der Waals surface area contributed by atoms with Gasteiger partial charge in [0.05, 0.1) is 0 Å². The average molecular weight is 461 g/mol. The van der Waals surface area contributed by atoms with Crippen molar-refractivity contribution in [2.75, 3.05) is 44.2 Å². The summed E-state index contributed by atoms with van der Waals surface area (Å²) in [7, 11) is 0. The Morgan fingerprint density at radius 1 is 1.06 bits per heavy atom. The van der Waals surface area contributed by atoms with Gasteiger partial charge in [-0.25, -0.2) is 14.8 Å². The van der Waals surface area contributed by atoms with E-state index in [-0.39, 0.29) is 5.97 Å². The highest BCUT2D eigenvalue weighted by Crippen LogP contribution is 2.28. The van der Waals surface area contributed by atoms with Crippen molar-refractivity contribution >= 4 is 17.5 Å². The molecule has 0 spiro atoms. The fourth-order valence-corrected chi connectivity index (χ4v) is 4.61. The highest BCUT2D eigenvalue weighted by Gasteiger charge is 2.24. The van der Waals surface area contributed by atoms with E-state index in [0.717, 1.165) is 69.1 Å². The molecule has 1 saturated heterocycles. The molecule has 6 nitrogen and oxygen atoms in total. The van der Waals surface area contributed by atoms with Gasteiger partial charge in [-0.05, 0) is 50.2 Å². The van der Waals surface area contributed by atoms with Gasteiger partial charge >= 0.3 is 5.97 Å². The maximum Gasteiger partial charge on any atom is 0.334 e. The molecule has 0 radical (unpaired) electrons. The van der Waals surface area contributed by atoms with Crippen molar-refractivity contribution in [3.8, 4) is 0 Å². The van der Waals surface area contributed by atoms with Crippen LogP contribution in [0.1, 0.15) is 45.6 Å². The fraction of sp³-hybridized carbons (Fsp3) is 0.464. The Labute approximate surface area is 203 Å². The molecule has 0 aromatic carbocycles. The van der Waals surface area contributed by atoms with Crippen LogP contribution >= 0.6 is 0 Å². The lowest BCUT2D eigenvalue weighted by Gasteiger charge is -2.34. The summed E-state index contributed by atoms with van der Waals surface area (Å²) in [4.78, 5) is 25.5. The Morgan fingerprint density at radius 3 is 2.41 bits per heavy atom. The van der Waals surface area contributed by atoms with Crippen LogP contribution in [0.5, 0.6) is 0 Å². The Bertz CT molecular complexity index is 1060. The zero-order chi connectivity index (χ0) is 24.2. The minimum Gasteiger partial charge on any atom is -0.457 e. The van der Waals surface area contributed by atoms with Gasteiger partial charge in [0, 0.05) is 61.8 Å². The molecule has 3 heterocycles. The Morgan fingerprint density at radius 2 is 1.76 bits per heavy atom. The summed E-state index contributed by atoms with van der Waals surface area (Å²) in [5, 5.41) is 0. The standard InChI is InChI=1S/C28H36N4O2/c1-19-6-7-21(3)22(4)24(9-8-20(19)2)10-11-31-12-14-32(15-13-31)28-29-16-25(17-30-28)26-18-34-27(33)23(26)5/h8-9,16-17,20H,1,3,6-7,10-15,18H2,2,4-5H3/b9-8-,24-22+. The van der Waals surface area contributed by atoms with Gasteiger partial charge in [0.25, 0.3) is 0 Å². The number of anilines is 1. The van der Waals surface area contributed by atoms with Crippen molar-refractivity contribution < 1.29 is 9.53 Å². The smallest absolute Gasteiger partial charge is 0.334 e. The Hall–Kier alpha value is -2.99. The van der Waals surface area contributed by atoms with Crippen LogP contribution in [0.3, 0.4) is 0 Å². The third-order valence-corrected chi connectivity index (χ3v) is 7.44. The van der Waals surface area contributed by atoms with E-state index in [0.29, 0.717) is 18.1 Å². The molecule has 3 aliphatic rings. The van der Waals surface area contributed by atoms with E-state index in [2.05, 4.69) is 58.9 Å². The number of cyclic esters (lactones) is 1. The zero-order valence-electron chi connectivity index (χ0n) is 20.8. The second kappa shape index (κ2) is 10.5. The normalized spacial score (nSPS) is 25.8. The second-order valence-electron chi connectivity index (χ2n) is 9.59. The summed E-state index contributed by atoms with van der Waals surface area (Å²) < 4.78 is 5.10. The third-order valence-electron chi connectivity index (χ3n) is 7.44. The minimum atomic E-state index is -0.254. The fourth-order valence-electron chi connectivity index (χ4n) is 4.61. The molecule has 2 aliphatic heterocycles. The lowest BCUT2D eigenvalue weighted by molar-refractivity contribution is -0.135. The van der Waals surface area contributed by atoms with E-state index in [1.807, 2.05) is 0 Å². The zero-order valence-corrected chi connectivity index (χ0v) is 20.8. The van der Waals surface area contributed by atoms with Gasteiger partial charge in [-0.15, -0.1) is 0 Å². The number of ether oxygens (including phenoxy) is 1. The number of carbonyl (C=O) groups excluding carboxylic acids is 1. The number of allylic oxidation sites excluding steroid dienone is 5. The van der Waals surface area contributed by atoms with Crippen LogP contribution in [-0.2, 0) is 9.53 Å². The van der Waals surface area contributed by atoms with Crippen LogP contribution in [-0.4, -0.2) is 60.2 Å². The molecule has 1 fully saturated rings. The Kier molecular flexibility index (Phi) is 7.47. The average Bonchev–Trinajstić information content (AvgIpc) is 3.21. The molecule has 0 saturated carbocycles. The maximum atomic E-state index is 11.6. The topological polar surface area (TPSA) is 58.6 Å². The van der Waals surface area contributed by atoms with Gasteiger partial charge in [-0.3, -0.25) is 4.90 Å². The SMILES string of the molecule is C=C1CCC(=C)C(C)/C=C\C(CCN2CCN(c3ncc(C4=C(C)C(=O)OC4)cn3)CC2)=C/1C. The Balaban J connectivity index is 1.32. The predicted octanol–water partition coefficient (Wildman–Crippen LogP) is 4.73. The summed E-state index contributed by atoms with van der Waals surface area (Å²) >= 11 is 0. The number of rotatable bonds is 5. The predicted molar refractivity (Wildman–Crippen MR) is 137 cm³/mol. The number of hydrogen-bond donors (Lipinski definition) is 0. The molecule has 1 aliphatic carbocycles. The van der Waals surface area contributed by atoms with Gasteiger partial charge in [0.2, 0.25) is 5.95 Å². The molecule has 6 heteroatoms. The van der Waals surface area contributed by atoms with E-state index in [1.54, 1.807) is 19.3 Å². The molecular formula is C28H36N4O2. The van der Waals surface area contributed by atoms with Gasteiger partial charge in [-0.2, -0.15) is 0 Å². The van der Waals surface area contributed by atoms with E-state index in [9.17, 15) is 4.79 Å². The lowest BCUT2D eigenvalue weighted by atomic mass is 9.95. The van der Waals surface area contributed by atoms with Crippen LogP contribution in [0.4, 0.5) is 5.95 Å². The van der Waals surface area contributed by atoms with Gasteiger partial charge in [0.1, 0.15) is 6.61 Å². The van der Waals surface area contributed by atoms with Crippen LogP contribution in [0.2, 0.25) is 0 Å². The molecule has 1 unspecified atom stereocenters. The first-order valence-corrected chi connectivity index (χ1v) is 12.2. The molecule has 1 aromatic heterocycles. The van der Waals surface area contributed by atoms with E-state index in [4.69, 9.17) is 4.74 Å². The summed E-state index contributed by atoms with van der Waals surface area (Å²) in [6.45, 7) is 19.9. The largest absolute Gasteiger partial charge is 0.457 e. The van der Waals surface area contributed by atoms with Crippen LogP contribution < -0.4 is 4.90 Å². The van der Waals surface area contributed by atoms with Crippen molar-refractivity contribution in [2.24, 2.45) is 5.92 Å². The van der Waals surface area contributed by atoms with Crippen molar-refractivity contribution in [3.63, 3.8) is 0 Å². The highest BCUT2D eigenvalue weighted by molar-refractivity contribution is 6.01. The van der Waals surface area contributed by atoms with Crippen LogP contribution in [0, 0.1) is 5.92 Å². The van der Waals surface area contributed by atoms with Gasteiger partial charge < -0.3 is 9.64 Å². The van der Waals surface area contributed by atoms with Crippen molar-refractivity contribution in [3.05, 3.63) is 71.1 Å². The molecule has 0 bridgehead atoms. The number of piperazine rings is 1. The summed E-state index contributed by atoms with van der Waals surface area (Å²) in [5.74, 6) is 0.900. The van der Waals surface area contributed by atoms with Crippen LogP contribution in [0.25, 0.3) is 5.57 Å². The van der Waals surface area contributed by atoms with Gasteiger partial charge in [-0.1, -0.05) is 43.4 Å². The molecule has 34 heavy (non-hydrogen) atoms. The first kappa shape index (κ1) is 24.1. The van der Waals surface area contributed by atoms with Crippen molar-refractivity contribution in [1.82, 2.24) is 14.9 Å². The van der Waals surface area contributed by atoms with Crippen molar-refractivity contribution in [2.45, 2.75) is 40.0 Å². The first-order valence-electron chi connectivity index (χ1n) is 12.2. The quantitative estimate of drug-likeness (QED) is 0.468. The number of hydrogen-bond acceptors (Lipinski definition) is 6. The van der Waals surface area contributed by atoms with E-state index < -0.39 is 0 Å². The molecule has 4 rings (SSSR count).